The third-order valence-electron chi connectivity index (χ3n) is 4.54. The average Bonchev–Trinajstić information content (AvgIpc) is 2.43. The Balaban J connectivity index is 2.22. The summed E-state index contributed by atoms with van der Waals surface area (Å²) in [7, 11) is 1.29. The van der Waals surface area contributed by atoms with E-state index >= 15 is 0 Å². The molecule has 0 aliphatic heterocycles. The molecule has 0 radical (unpaired) electrons. The zero-order chi connectivity index (χ0) is 14.9. The first kappa shape index (κ1) is 15.7. The topological polar surface area (TPSA) is 0 Å². The van der Waals surface area contributed by atoms with Gasteiger partial charge in [0.15, 0.2) is 0 Å². The highest BCUT2D eigenvalue weighted by atomic mass is 32.0. The minimum Gasteiger partial charge on any atom is -0.0583 e. The molecule has 0 spiro atoms. The summed E-state index contributed by atoms with van der Waals surface area (Å²) in [6.45, 7) is 13.5. The predicted molar refractivity (Wildman–Crippen MR) is 98.6 cm³/mol. The van der Waals surface area contributed by atoms with E-state index in [-0.39, 0.29) is 0 Å². The highest BCUT2D eigenvalue weighted by Crippen LogP contribution is 2.38. The van der Waals surface area contributed by atoms with E-state index in [1.54, 1.807) is 10.6 Å². The van der Waals surface area contributed by atoms with E-state index in [4.69, 9.17) is 0 Å². The normalized spacial score (nSPS) is 12.1. The number of hydrogen-bond acceptors (Lipinski definition) is 0. The second-order valence-electron chi connectivity index (χ2n) is 5.69. The molecule has 20 heavy (non-hydrogen) atoms. The average molecular weight is 303 g/mol. The SMILES string of the molecule is Cc1ccc(P[PH2+]c2ccc(C)c(C)c2C)c(C)c1C. The third-order valence-corrected chi connectivity index (χ3v) is 8.77. The molecule has 0 bridgehead atoms. The quantitative estimate of drug-likeness (QED) is 0.733. The van der Waals surface area contributed by atoms with Crippen LogP contribution in [-0.4, -0.2) is 0 Å². The lowest BCUT2D eigenvalue weighted by atomic mass is 10.1. The van der Waals surface area contributed by atoms with Crippen molar-refractivity contribution in [2.24, 2.45) is 0 Å². The molecule has 2 rings (SSSR count). The molecule has 2 atom stereocenters. The van der Waals surface area contributed by atoms with Crippen molar-refractivity contribution in [1.82, 2.24) is 0 Å². The zero-order valence-electron chi connectivity index (χ0n) is 13.4. The van der Waals surface area contributed by atoms with Gasteiger partial charge in [-0.1, -0.05) is 18.2 Å². The summed E-state index contributed by atoms with van der Waals surface area (Å²) in [5.74, 6) is 0. The summed E-state index contributed by atoms with van der Waals surface area (Å²) in [6, 6.07) is 9.23. The standard InChI is InChI=1S/C18H24P2/c1-11-7-9-17(15(5)13(11)3)19-20-18-10-8-12(2)14(4)16(18)6/h7-10,19-20H,1-6H3/p+1. The van der Waals surface area contributed by atoms with E-state index < -0.39 is 0 Å². The highest BCUT2D eigenvalue weighted by Gasteiger charge is 2.12. The molecule has 0 N–H and O–H groups in total. The molecule has 0 aliphatic carbocycles. The molecule has 0 aliphatic rings. The Hall–Kier alpha value is -0.700. The van der Waals surface area contributed by atoms with Gasteiger partial charge in [-0.05, 0) is 81.0 Å². The fraction of sp³-hybridized carbons (Fsp3) is 0.333. The van der Waals surface area contributed by atoms with Crippen LogP contribution in [-0.2, 0) is 0 Å². The molecule has 106 valence electrons. The highest BCUT2D eigenvalue weighted by molar-refractivity contribution is 8.18. The zero-order valence-corrected chi connectivity index (χ0v) is 15.5. The van der Waals surface area contributed by atoms with Crippen LogP contribution < -0.4 is 10.6 Å². The van der Waals surface area contributed by atoms with Crippen LogP contribution in [0.1, 0.15) is 33.4 Å². The Morgan fingerprint density at radius 3 is 1.85 bits per heavy atom. The van der Waals surface area contributed by atoms with E-state index in [0.717, 1.165) is 8.27 Å². The predicted octanol–water partition coefficient (Wildman–Crippen LogP) is 4.49. The fourth-order valence-corrected chi connectivity index (χ4v) is 6.73. The maximum atomic E-state index is 2.34. The minimum atomic E-state index is 0.346. The van der Waals surface area contributed by atoms with Crippen molar-refractivity contribution in [3.63, 3.8) is 0 Å². The Morgan fingerprint density at radius 2 is 1.20 bits per heavy atom. The molecular weight excluding hydrogens is 278 g/mol. The van der Waals surface area contributed by atoms with Crippen LogP contribution in [0.15, 0.2) is 24.3 Å². The van der Waals surface area contributed by atoms with Crippen molar-refractivity contribution in [2.45, 2.75) is 41.5 Å². The minimum absolute atomic E-state index is 0.346. The lowest BCUT2D eigenvalue weighted by molar-refractivity contribution is 1.29. The van der Waals surface area contributed by atoms with Gasteiger partial charge in [0, 0.05) is 13.6 Å². The first-order chi connectivity index (χ1) is 9.41. The van der Waals surface area contributed by atoms with E-state index in [1.165, 1.54) is 33.4 Å². The van der Waals surface area contributed by atoms with Gasteiger partial charge in [0.05, 0.1) is 13.6 Å². The maximum Gasteiger partial charge on any atom is 0.0946 e. The van der Waals surface area contributed by atoms with E-state index in [9.17, 15) is 0 Å². The smallest absolute Gasteiger partial charge is 0.0583 e. The molecule has 2 heteroatoms. The molecule has 0 saturated heterocycles. The van der Waals surface area contributed by atoms with Gasteiger partial charge in [0.2, 0.25) is 0 Å². The van der Waals surface area contributed by atoms with Crippen molar-refractivity contribution < 1.29 is 0 Å². The van der Waals surface area contributed by atoms with Crippen LogP contribution in [0.4, 0.5) is 0 Å². The number of rotatable bonds is 3. The molecule has 2 unspecified atom stereocenters. The summed E-state index contributed by atoms with van der Waals surface area (Å²) < 4.78 is 0. The van der Waals surface area contributed by atoms with Crippen LogP contribution >= 0.6 is 16.5 Å². The van der Waals surface area contributed by atoms with E-state index in [0.29, 0.717) is 8.27 Å². The number of hydrogen-bond donors (Lipinski definition) is 0. The van der Waals surface area contributed by atoms with Gasteiger partial charge in [-0.3, -0.25) is 0 Å². The number of aryl methyl sites for hydroxylation is 2. The molecule has 0 fully saturated rings. The van der Waals surface area contributed by atoms with E-state index in [2.05, 4.69) is 65.8 Å². The molecule has 0 heterocycles. The van der Waals surface area contributed by atoms with Crippen LogP contribution in [0.2, 0.25) is 0 Å². The molecule has 0 nitrogen and oxygen atoms in total. The summed E-state index contributed by atoms with van der Waals surface area (Å²) in [4.78, 5) is 0. The Morgan fingerprint density at radius 1 is 0.650 bits per heavy atom. The maximum absolute atomic E-state index is 2.34. The van der Waals surface area contributed by atoms with Crippen molar-refractivity contribution in [1.29, 1.82) is 0 Å². The van der Waals surface area contributed by atoms with Crippen LogP contribution in [0, 0.1) is 41.5 Å². The summed E-state index contributed by atoms with van der Waals surface area (Å²) in [5.41, 5.74) is 8.76. The van der Waals surface area contributed by atoms with Gasteiger partial charge in [-0.25, -0.2) is 0 Å². The van der Waals surface area contributed by atoms with Crippen LogP contribution in [0.5, 0.6) is 0 Å². The lowest BCUT2D eigenvalue weighted by Gasteiger charge is -2.10. The second kappa shape index (κ2) is 6.38. The largest absolute Gasteiger partial charge is 0.0946 e. The van der Waals surface area contributed by atoms with Gasteiger partial charge >= 0.3 is 0 Å². The van der Waals surface area contributed by atoms with Gasteiger partial charge < -0.3 is 0 Å². The lowest BCUT2D eigenvalue weighted by Crippen LogP contribution is -2.06. The molecular formula is C18H25P2+. The molecule has 0 amide bonds. The monoisotopic (exact) mass is 303 g/mol. The molecule has 0 aromatic heterocycles. The van der Waals surface area contributed by atoms with Crippen molar-refractivity contribution in [2.75, 3.05) is 0 Å². The molecule has 0 saturated carbocycles. The Bertz CT molecular complexity index is 585. The Kier molecular flexibility index (Phi) is 5.00. The summed E-state index contributed by atoms with van der Waals surface area (Å²) in [6.07, 6.45) is 0. The fourth-order valence-electron chi connectivity index (χ4n) is 2.40. The first-order valence-corrected chi connectivity index (χ1v) is 10.5. The van der Waals surface area contributed by atoms with Gasteiger partial charge in [-0.2, -0.15) is 0 Å². The number of benzene rings is 2. The van der Waals surface area contributed by atoms with Gasteiger partial charge in [0.25, 0.3) is 0 Å². The molecule has 2 aromatic carbocycles. The van der Waals surface area contributed by atoms with Gasteiger partial charge in [0.1, 0.15) is 0 Å². The summed E-state index contributed by atoms with van der Waals surface area (Å²) in [5, 5.41) is 3.14. The van der Waals surface area contributed by atoms with Crippen molar-refractivity contribution in [3.05, 3.63) is 57.6 Å². The summed E-state index contributed by atoms with van der Waals surface area (Å²) >= 11 is 0. The van der Waals surface area contributed by atoms with Gasteiger partial charge in [-0.15, -0.1) is 0 Å². The first-order valence-electron chi connectivity index (χ1n) is 7.15. The van der Waals surface area contributed by atoms with E-state index in [1.807, 2.05) is 0 Å². The third kappa shape index (κ3) is 3.13. The molecule has 2 aromatic rings. The van der Waals surface area contributed by atoms with Crippen LogP contribution in [0.3, 0.4) is 0 Å². The second-order valence-corrected chi connectivity index (χ2v) is 9.16. The van der Waals surface area contributed by atoms with Crippen molar-refractivity contribution in [3.8, 4) is 0 Å². The van der Waals surface area contributed by atoms with Crippen LogP contribution in [0.25, 0.3) is 0 Å². The van der Waals surface area contributed by atoms with Crippen molar-refractivity contribution >= 4 is 27.1 Å². The Labute approximate surface area is 126 Å².